The van der Waals surface area contributed by atoms with Gasteiger partial charge < -0.3 is 15.0 Å². The molecule has 0 radical (unpaired) electrons. The van der Waals surface area contributed by atoms with Gasteiger partial charge in [0.2, 0.25) is 0 Å². The number of benzene rings is 1. The van der Waals surface area contributed by atoms with Crippen molar-refractivity contribution in [3.63, 3.8) is 0 Å². The first-order valence-electron chi connectivity index (χ1n) is 4.75. The molecule has 2 N–H and O–H groups in total. The fourth-order valence-corrected chi connectivity index (χ4v) is 2.24. The van der Waals surface area contributed by atoms with Crippen LogP contribution in [0.25, 0.3) is 10.9 Å². The van der Waals surface area contributed by atoms with Crippen LogP contribution in [-0.2, 0) is 6.54 Å². The van der Waals surface area contributed by atoms with Crippen LogP contribution in [0, 0.1) is 0 Å². The van der Waals surface area contributed by atoms with Crippen molar-refractivity contribution in [3.8, 4) is 5.75 Å². The number of methoxy groups -OCH3 is 1. The molecule has 0 saturated heterocycles. The van der Waals surface area contributed by atoms with E-state index in [0.29, 0.717) is 0 Å². The monoisotopic (exact) mass is 268 g/mol. The number of hydrogen-bond donors (Lipinski definition) is 2. The molecule has 0 spiro atoms. The lowest BCUT2D eigenvalue weighted by Crippen LogP contribution is -2.04. The molecule has 0 bridgehead atoms. The Morgan fingerprint density at radius 2 is 2.27 bits per heavy atom. The number of nitrogens with one attached hydrogen (secondary N) is 2. The normalized spacial score (nSPS) is 10.9. The Hall–Kier alpha value is -1.00. The summed E-state index contributed by atoms with van der Waals surface area (Å²) in [5.74, 6) is 0.881. The number of ether oxygens (including phenoxy) is 1. The van der Waals surface area contributed by atoms with Crippen molar-refractivity contribution in [2.45, 2.75) is 6.54 Å². The molecule has 0 saturated carbocycles. The third-order valence-corrected chi connectivity index (χ3v) is 3.09. The Kier molecular flexibility index (Phi) is 2.98. The second-order valence-corrected chi connectivity index (χ2v) is 4.15. The highest BCUT2D eigenvalue weighted by Gasteiger charge is 2.09. The van der Waals surface area contributed by atoms with E-state index in [2.05, 4.69) is 26.2 Å². The van der Waals surface area contributed by atoms with Crippen molar-refractivity contribution in [3.05, 3.63) is 28.4 Å². The van der Waals surface area contributed by atoms with Crippen LogP contribution in [0.5, 0.6) is 5.75 Å². The summed E-state index contributed by atoms with van der Waals surface area (Å²) in [5.41, 5.74) is 2.35. The van der Waals surface area contributed by atoms with Gasteiger partial charge in [-0.3, -0.25) is 0 Å². The van der Waals surface area contributed by atoms with Crippen LogP contribution in [0.15, 0.2) is 22.8 Å². The minimum Gasteiger partial charge on any atom is -0.497 e. The molecule has 0 aliphatic heterocycles. The second kappa shape index (κ2) is 4.24. The van der Waals surface area contributed by atoms with E-state index in [4.69, 9.17) is 4.74 Å². The molecule has 80 valence electrons. The maximum atomic E-state index is 5.22. The van der Waals surface area contributed by atoms with Crippen LogP contribution in [0.2, 0.25) is 0 Å². The molecule has 0 aliphatic rings. The van der Waals surface area contributed by atoms with Gasteiger partial charge in [0.15, 0.2) is 0 Å². The number of H-pyrrole nitrogens is 1. The first-order valence-corrected chi connectivity index (χ1v) is 5.54. The summed E-state index contributed by atoms with van der Waals surface area (Å²) in [7, 11) is 3.62. The molecule has 2 aromatic rings. The first kappa shape index (κ1) is 10.5. The summed E-state index contributed by atoms with van der Waals surface area (Å²) in [5, 5.41) is 4.34. The largest absolute Gasteiger partial charge is 0.497 e. The van der Waals surface area contributed by atoms with Crippen LogP contribution in [-0.4, -0.2) is 19.1 Å². The van der Waals surface area contributed by atoms with Crippen LogP contribution in [0.3, 0.4) is 0 Å². The molecule has 0 aliphatic carbocycles. The van der Waals surface area contributed by atoms with Crippen LogP contribution in [0.4, 0.5) is 0 Å². The van der Waals surface area contributed by atoms with Gasteiger partial charge in [0.25, 0.3) is 0 Å². The minimum atomic E-state index is 0.827. The summed E-state index contributed by atoms with van der Waals surface area (Å²) < 4.78 is 6.24. The number of fused-ring (bicyclic) bond motifs is 1. The molecule has 15 heavy (non-hydrogen) atoms. The summed E-state index contributed by atoms with van der Waals surface area (Å²) in [6.07, 6.45) is 0. The molecule has 2 rings (SSSR count). The minimum absolute atomic E-state index is 0.827. The molecular formula is C11H13BrN2O. The average Bonchev–Trinajstić information content (AvgIpc) is 2.55. The Labute approximate surface area is 96.9 Å². The molecular weight excluding hydrogens is 256 g/mol. The van der Waals surface area contributed by atoms with Crippen LogP contribution in [0.1, 0.15) is 5.56 Å². The third kappa shape index (κ3) is 1.87. The van der Waals surface area contributed by atoms with E-state index in [-0.39, 0.29) is 0 Å². The predicted molar refractivity (Wildman–Crippen MR) is 65.3 cm³/mol. The van der Waals surface area contributed by atoms with E-state index in [1.807, 2.05) is 25.2 Å². The van der Waals surface area contributed by atoms with E-state index >= 15 is 0 Å². The quantitative estimate of drug-likeness (QED) is 0.898. The highest BCUT2D eigenvalue weighted by molar-refractivity contribution is 9.10. The maximum Gasteiger partial charge on any atom is 0.119 e. The Morgan fingerprint density at radius 3 is 2.93 bits per heavy atom. The molecule has 0 amide bonds. The lowest BCUT2D eigenvalue weighted by Gasteiger charge is -2.01. The molecule has 0 atom stereocenters. The second-order valence-electron chi connectivity index (χ2n) is 3.36. The zero-order valence-electron chi connectivity index (χ0n) is 8.73. The van der Waals surface area contributed by atoms with Crippen LogP contribution >= 0.6 is 15.9 Å². The topological polar surface area (TPSA) is 37.0 Å². The number of hydrogen-bond acceptors (Lipinski definition) is 2. The van der Waals surface area contributed by atoms with E-state index in [1.165, 1.54) is 10.9 Å². The molecule has 1 heterocycles. The number of halogens is 1. The van der Waals surface area contributed by atoms with Crippen molar-refractivity contribution >= 4 is 26.8 Å². The maximum absolute atomic E-state index is 5.22. The summed E-state index contributed by atoms with van der Waals surface area (Å²) in [6.45, 7) is 0.827. The first-order chi connectivity index (χ1) is 7.26. The molecule has 3 nitrogen and oxygen atoms in total. The summed E-state index contributed by atoms with van der Waals surface area (Å²) in [6, 6.07) is 6.02. The highest BCUT2D eigenvalue weighted by atomic mass is 79.9. The SMILES string of the molecule is CNCc1c(Br)[nH]c2ccc(OC)cc12. The van der Waals surface area contributed by atoms with Gasteiger partial charge in [0.1, 0.15) is 5.75 Å². The Bertz CT molecular complexity index is 479. The fourth-order valence-electron chi connectivity index (χ4n) is 1.67. The van der Waals surface area contributed by atoms with Crippen molar-refractivity contribution in [1.82, 2.24) is 10.3 Å². The van der Waals surface area contributed by atoms with Gasteiger partial charge in [-0.15, -0.1) is 0 Å². The van der Waals surface area contributed by atoms with Gasteiger partial charge in [-0.1, -0.05) is 0 Å². The Morgan fingerprint density at radius 1 is 1.47 bits per heavy atom. The molecule has 1 aromatic carbocycles. The van der Waals surface area contributed by atoms with Crippen molar-refractivity contribution in [2.24, 2.45) is 0 Å². The molecule has 4 heteroatoms. The van der Waals surface area contributed by atoms with Gasteiger partial charge in [0, 0.05) is 23.0 Å². The standard InChI is InChI=1S/C11H13BrN2O/c1-13-6-9-8-5-7(15-2)3-4-10(8)14-11(9)12/h3-5,13-14H,6H2,1-2H3. The van der Waals surface area contributed by atoms with E-state index in [0.717, 1.165) is 22.4 Å². The van der Waals surface area contributed by atoms with Crippen molar-refractivity contribution in [1.29, 1.82) is 0 Å². The summed E-state index contributed by atoms with van der Waals surface area (Å²) >= 11 is 3.52. The van der Waals surface area contributed by atoms with Crippen molar-refractivity contribution < 1.29 is 4.74 Å². The lowest BCUT2D eigenvalue weighted by molar-refractivity contribution is 0.415. The summed E-state index contributed by atoms with van der Waals surface area (Å²) in [4.78, 5) is 3.28. The van der Waals surface area contributed by atoms with Gasteiger partial charge in [-0.2, -0.15) is 0 Å². The van der Waals surface area contributed by atoms with Crippen molar-refractivity contribution in [2.75, 3.05) is 14.2 Å². The number of aromatic amines is 1. The zero-order chi connectivity index (χ0) is 10.8. The van der Waals surface area contributed by atoms with Gasteiger partial charge in [0.05, 0.1) is 11.7 Å². The van der Waals surface area contributed by atoms with E-state index in [1.54, 1.807) is 7.11 Å². The molecule has 0 fully saturated rings. The zero-order valence-corrected chi connectivity index (χ0v) is 10.3. The molecule has 1 aromatic heterocycles. The van der Waals surface area contributed by atoms with E-state index in [9.17, 15) is 0 Å². The van der Waals surface area contributed by atoms with Gasteiger partial charge >= 0.3 is 0 Å². The van der Waals surface area contributed by atoms with E-state index < -0.39 is 0 Å². The highest BCUT2D eigenvalue weighted by Crippen LogP contribution is 2.29. The van der Waals surface area contributed by atoms with Gasteiger partial charge in [-0.25, -0.2) is 0 Å². The predicted octanol–water partition coefficient (Wildman–Crippen LogP) is 2.66. The number of aromatic nitrogens is 1. The lowest BCUT2D eigenvalue weighted by atomic mass is 10.1. The smallest absolute Gasteiger partial charge is 0.119 e. The average molecular weight is 269 g/mol. The molecule has 0 unspecified atom stereocenters. The third-order valence-electron chi connectivity index (χ3n) is 2.41. The Balaban J connectivity index is 2.61. The van der Waals surface area contributed by atoms with Crippen LogP contribution < -0.4 is 10.1 Å². The fraction of sp³-hybridized carbons (Fsp3) is 0.273. The van der Waals surface area contributed by atoms with Gasteiger partial charge in [-0.05, 0) is 41.2 Å². The number of rotatable bonds is 3.